The minimum Gasteiger partial charge on any atom is -1.00 e. The molecule has 1 rings (SSSR count). The second kappa shape index (κ2) is 7.17. The van der Waals surface area contributed by atoms with Crippen molar-refractivity contribution in [2.45, 2.75) is 17.9 Å². The molecule has 0 aliphatic rings. The van der Waals surface area contributed by atoms with Crippen molar-refractivity contribution >= 4 is 17.7 Å². The molecule has 0 bridgehead atoms. The quantitative estimate of drug-likeness (QED) is 0.559. The van der Waals surface area contributed by atoms with E-state index in [9.17, 15) is 4.79 Å². The van der Waals surface area contributed by atoms with Gasteiger partial charge in [0.05, 0.1) is 0 Å². The molecule has 0 spiro atoms. The van der Waals surface area contributed by atoms with Gasteiger partial charge in [-0.05, 0) is 37.4 Å². The fourth-order valence-corrected chi connectivity index (χ4v) is 1.32. The monoisotopic (exact) mass is 236 g/mol. The molecule has 1 atom stereocenters. The second-order valence-electron chi connectivity index (χ2n) is 2.77. The summed E-state index contributed by atoms with van der Waals surface area (Å²) in [5.41, 5.74) is 0. The van der Waals surface area contributed by atoms with Crippen molar-refractivity contribution in [1.29, 1.82) is 0 Å². The molecule has 0 radical (unpaired) electrons. The van der Waals surface area contributed by atoms with Crippen LogP contribution in [-0.4, -0.2) is 23.4 Å². The molecule has 0 saturated carbocycles. The van der Waals surface area contributed by atoms with Gasteiger partial charge >= 0.3 is 35.5 Å². The fraction of sp³-hybridized carbons (Fsp3) is 0.300. The molecule has 0 amide bonds. The van der Waals surface area contributed by atoms with E-state index in [2.05, 4.69) is 0 Å². The first kappa shape index (κ1) is 14.8. The van der Waals surface area contributed by atoms with Gasteiger partial charge < -0.3 is 11.3 Å². The number of ether oxygens (including phenoxy) is 1. The van der Waals surface area contributed by atoms with Crippen LogP contribution in [0.15, 0.2) is 29.2 Å². The Morgan fingerprint density at radius 3 is 2.40 bits per heavy atom. The van der Waals surface area contributed by atoms with Crippen molar-refractivity contribution in [3.63, 3.8) is 0 Å². The van der Waals surface area contributed by atoms with Gasteiger partial charge in [0.2, 0.25) is 0 Å². The molecular weight excluding hydrogens is 223 g/mol. The largest absolute Gasteiger partial charge is 1.00 e. The summed E-state index contributed by atoms with van der Waals surface area (Å²) >= 11 is 1.63. The Labute approximate surface area is 117 Å². The van der Waals surface area contributed by atoms with Crippen LogP contribution in [-0.2, 0) is 4.79 Å². The number of carbonyl (C=O) groups is 1. The van der Waals surface area contributed by atoms with Crippen LogP contribution in [0.1, 0.15) is 8.35 Å². The van der Waals surface area contributed by atoms with Crippen LogP contribution in [0.4, 0.5) is 0 Å². The molecule has 1 N–H and O–H groups in total. The van der Waals surface area contributed by atoms with Crippen LogP contribution < -0.4 is 34.3 Å². The first-order chi connectivity index (χ1) is 6.63. The molecule has 78 valence electrons. The summed E-state index contributed by atoms with van der Waals surface area (Å²) in [5.74, 6) is -0.378. The standard InChI is InChI=1S/C10H12O3S.Na.H/c1-7(10(11)12)13-8-3-5-9(14-2)6-4-8;;/h3-7H,1-2H3,(H,11,12);;/q;+1;-1/t7-;;/m0../s1. The summed E-state index contributed by atoms with van der Waals surface area (Å²) in [6.45, 7) is 1.50. The zero-order valence-electron chi connectivity index (χ0n) is 10.1. The van der Waals surface area contributed by atoms with E-state index in [-0.39, 0.29) is 31.0 Å². The van der Waals surface area contributed by atoms with Crippen LogP contribution in [0.25, 0.3) is 0 Å². The summed E-state index contributed by atoms with van der Waals surface area (Å²) in [6, 6.07) is 7.33. The summed E-state index contributed by atoms with van der Waals surface area (Å²) in [5, 5.41) is 8.61. The Kier molecular flexibility index (Phi) is 7.09. The number of carboxylic acids is 1. The molecule has 0 aromatic heterocycles. The number of hydrogen-bond donors (Lipinski definition) is 1. The Bertz CT molecular complexity index is 318. The van der Waals surface area contributed by atoms with E-state index in [0.717, 1.165) is 4.90 Å². The molecule has 0 heterocycles. The van der Waals surface area contributed by atoms with Gasteiger partial charge in [0.15, 0.2) is 6.10 Å². The predicted molar refractivity (Wildman–Crippen MR) is 57.1 cm³/mol. The Morgan fingerprint density at radius 2 is 2.00 bits per heavy atom. The predicted octanol–water partition coefficient (Wildman–Crippen LogP) is -0.623. The maximum absolute atomic E-state index is 10.5. The molecule has 0 fully saturated rings. The van der Waals surface area contributed by atoms with Crippen molar-refractivity contribution in [3.05, 3.63) is 24.3 Å². The molecule has 3 nitrogen and oxygen atoms in total. The van der Waals surface area contributed by atoms with E-state index in [1.54, 1.807) is 23.9 Å². The molecule has 0 saturated heterocycles. The van der Waals surface area contributed by atoms with Gasteiger partial charge in [-0.3, -0.25) is 0 Å². The molecule has 1 aromatic rings. The third-order valence-electron chi connectivity index (χ3n) is 1.72. The maximum atomic E-state index is 10.5. The number of carboxylic acid groups (broad SMARTS) is 1. The van der Waals surface area contributed by atoms with E-state index >= 15 is 0 Å². The average Bonchev–Trinajstić information content (AvgIpc) is 2.19. The molecule has 5 heteroatoms. The Morgan fingerprint density at radius 1 is 1.47 bits per heavy atom. The topological polar surface area (TPSA) is 46.5 Å². The van der Waals surface area contributed by atoms with Gasteiger partial charge in [-0.15, -0.1) is 11.8 Å². The summed E-state index contributed by atoms with van der Waals surface area (Å²) < 4.78 is 5.17. The zero-order chi connectivity index (χ0) is 10.6. The van der Waals surface area contributed by atoms with Crippen molar-refractivity contribution in [3.8, 4) is 5.75 Å². The number of hydrogen-bond acceptors (Lipinski definition) is 3. The molecule has 15 heavy (non-hydrogen) atoms. The van der Waals surface area contributed by atoms with Gasteiger partial charge in [-0.1, -0.05) is 0 Å². The van der Waals surface area contributed by atoms with Gasteiger partial charge in [0.25, 0.3) is 0 Å². The second-order valence-corrected chi connectivity index (χ2v) is 3.65. The van der Waals surface area contributed by atoms with Gasteiger partial charge in [0.1, 0.15) is 5.75 Å². The van der Waals surface area contributed by atoms with Crippen LogP contribution in [0.2, 0.25) is 0 Å². The molecule has 0 aliphatic heterocycles. The van der Waals surface area contributed by atoms with Crippen LogP contribution in [0.5, 0.6) is 5.75 Å². The van der Waals surface area contributed by atoms with Gasteiger partial charge in [-0.25, -0.2) is 4.79 Å². The Balaban J connectivity index is 0. The van der Waals surface area contributed by atoms with E-state index in [1.165, 1.54) is 6.92 Å². The van der Waals surface area contributed by atoms with Crippen LogP contribution in [0, 0.1) is 0 Å². The number of aliphatic carboxylic acids is 1. The third kappa shape index (κ3) is 4.93. The van der Waals surface area contributed by atoms with Crippen LogP contribution >= 0.6 is 11.8 Å². The number of benzene rings is 1. The van der Waals surface area contributed by atoms with Crippen molar-refractivity contribution in [1.82, 2.24) is 0 Å². The first-order valence-electron chi connectivity index (χ1n) is 4.17. The summed E-state index contributed by atoms with van der Waals surface area (Å²) in [7, 11) is 0. The van der Waals surface area contributed by atoms with E-state index in [1.807, 2.05) is 18.4 Å². The summed E-state index contributed by atoms with van der Waals surface area (Å²) in [4.78, 5) is 11.6. The molecular formula is C10H13NaO3S. The SMILES string of the molecule is CSc1ccc(O[C@@H](C)C(=O)O)cc1.[H-].[Na+]. The Hall–Kier alpha value is -0.160. The van der Waals surface area contributed by atoms with E-state index in [0.29, 0.717) is 5.75 Å². The third-order valence-corrected chi connectivity index (χ3v) is 2.46. The average molecular weight is 236 g/mol. The summed E-state index contributed by atoms with van der Waals surface area (Å²) in [6.07, 6.45) is 1.17. The van der Waals surface area contributed by atoms with E-state index < -0.39 is 12.1 Å². The van der Waals surface area contributed by atoms with Crippen molar-refractivity contribution in [2.24, 2.45) is 0 Å². The number of rotatable bonds is 4. The smallest absolute Gasteiger partial charge is 1.00 e. The van der Waals surface area contributed by atoms with Crippen molar-refractivity contribution in [2.75, 3.05) is 6.26 Å². The maximum Gasteiger partial charge on any atom is 1.00 e. The van der Waals surface area contributed by atoms with Crippen LogP contribution in [0.3, 0.4) is 0 Å². The fourth-order valence-electron chi connectivity index (χ4n) is 0.909. The minimum absolute atomic E-state index is 0. The molecule has 1 aromatic carbocycles. The molecule has 0 aliphatic carbocycles. The zero-order valence-corrected chi connectivity index (χ0v) is 11.9. The first-order valence-corrected chi connectivity index (χ1v) is 5.39. The van der Waals surface area contributed by atoms with Gasteiger partial charge in [0, 0.05) is 4.90 Å². The van der Waals surface area contributed by atoms with E-state index in [4.69, 9.17) is 9.84 Å². The van der Waals surface area contributed by atoms with Gasteiger partial charge in [-0.2, -0.15) is 0 Å². The molecule has 0 unspecified atom stereocenters. The van der Waals surface area contributed by atoms with Crippen molar-refractivity contribution < 1.29 is 45.6 Å². The number of thioether (sulfide) groups is 1. The minimum atomic E-state index is -0.959. The normalized spacial score (nSPS) is 11.3.